The van der Waals surface area contributed by atoms with Gasteiger partial charge >= 0.3 is 0 Å². The second-order valence-corrected chi connectivity index (χ2v) is 6.84. The van der Waals surface area contributed by atoms with Gasteiger partial charge in [-0.1, -0.05) is 6.07 Å². The normalized spacial score (nSPS) is 16.2. The molecule has 24 heavy (non-hydrogen) atoms. The van der Waals surface area contributed by atoms with E-state index in [-0.39, 0.29) is 12.1 Å². The van der Waals surface area contributed by atoms with Crippen LogP contribution in [0.5, 0.6) is 11.5 Å². The number of thiophene rings is 1. The number of rotatable bonds is 5. The van der Waals surface area contributed by atoms with Gasteiger partial charge in [0.05, 0.1) is 18.8 Å². The Kier molecular flexibility index (Phi) is 4.66. The van der Waals surface area contributed by atoms with Crippen LogP contribution in [0.15, 0.2) is 18.2 Å². The zero-order valence-electron chi connectivity index (χ0n) is 14.4. The predicted octanol–water partition coefficient (Wildman–Crippen LogP) is 4.02. The van der Waals surface area contributed by atoms with Crippen molar-refractivity contribution in [1.29, 1.82) is 0 Å². The fourth-order valence-corrected chi connectivity index (χ4v) is 3.87. The van der Waals surface area contributed by atoms with Crippen LogP contribution in [-0.2, 0) is 0 Å². The third-order valence-corrected chi connectivity index (χ3v) is 5.20. The molecule has 0 saturated heterocycles. The number of carbonyl (C=O) groups is 1. The van der Waals surface area contributed by atoms with E-state index in [1.54, 1.807) is 11.3 Å². The highest BCUT2D eigenvalue weighted by molar-refractivity contribution is 7.16. The van der Waals surface area contributed by atoms with Crippen LogP contribution in [0.2, 0.25) is 0 Å². The molecule has 0 saturated carbocycles. The Hall–Kier alpha value is -2.21. The molecule has 0 bridgehead atoms. The van der Waals surface area contributed by atoms with E-state index >= 15 is 0 Å². The Labute approximate surface area is 146 Å². The topological polar surface area (TPSA) is 59.6 Å². The minimum atomic E-state index is -0.280. The Morgan fingerprint density at radius 3 is 2.50 bits per heavy atom. The molecule has 0 aliphatic carbocycles. The minimum absolute atomic E-state index is 0.0394. The molecule has 2 aromatic rings. The van der Waals surface area contributed by atoms with Crippen LogP contribution in [0.4, 0.5) is 5.00 Å². The molecule has 1 aromatic carbocycles. The first-order valence-electron chi connectivity index (χ1n) is 8.12. The lowest BCUT2D eigenvalue weighted by molar-refractivity contribution is 0.0935. The van der Waals surface area contributed by atoms with Gasteiger partial charge in [0, 0.05) is 4.88 Å². The molecule has 1 amide bonds. The molecule has 0 radical (unpaired) electrons. The monoisotopic (exact) mass is 346 g/mol. The summed E-state index contributed by atoms with van der Waals surface area (Å²) in [5.41, 5.74) is 2.73. The van der Waals surface area contributed by atoms with E-state index in [0.29, 0.717) is 24.7 Å². The van der Waals surface area contributed by atoms with Crippen LogP contribution in [0.3, 0.4) is 0 Å². The van der Waals surface area contributed by atoms with E-state index in [9.17, 15) is 4.79 Å². The van der Waals surface area contributed by atoms with Crippen molar-refractivity contribution < 1.29 is 14.3 Å². The Morgan fingerprint density at radius 2 is 1.79 bits per heavy atom. The van der Waals surface area contributed by atoms with Gasteiger partial charge in [0.25, 0.3) is 5.91 Å². The number of ether oxygens (including phenoxy) is 2. The number of aryl methyl sites for hydroxylation is 1. The predicted molar refractivity (Wildman–Crippen MR) is 96.4 cm³/mol. The number of anilines is 1. The van der Waals surface area contributed by atoms with Crippen molar-refractivity contribution in [1.82, 2.24) is 5.32 Å². The third kappa shape index (κ3) is 2.94. The maximum absolute atomic E-state index is 12.5. The molecule has 3 rings (SSSR count). The van der Waals surface area contributed by atoms with Gasteiger partial charge in [-0.2, -0.15) is 0 Å². The molecule has 1 aliphatic rings. The first-order chi connectivity index (χ1) is 11.5. The van der Waals surface area contributed by atoms with E-state index in [0.717, 1.165) is 26.6 Å². The number of fused-ring (bicyclic) bond motifs is 1. The third-order valence-electron chi connectivity index (χ3n) is 4.06. The molecule has 2 N–H and O–H groups in total. The second kappa shape index (κ2) is 6.73. The van der Waals surface area contributed by atoms with Gasteiger partial charge in [-0.25, -0.2) is 0 Å². The van der Waals surface area contributed by atoms with Crippen LogP contribution in [0.25, 0.3) is 0 Å². The van der Waals surface area contributed by atoms with Crippen molar-refractivity contribution in [2.24, 2.45) is 0 Å². The highest BCUT2D eigenvalue weighted by Gasteiger charge is 2.29. The van der Waals surface area contributed by atoms with Gasteiger partial charge in [0.15, 0.2) is 11.5 Å². The zero-order chi connectivity index (χ0) is 17.3. The molecule has 0 spiro atoms. The van der Waals surface area contributed by atoms with Crippen molar-refractivity contribution in [3.8, 4) is 11.5 Å². The smallest absolute Gasteiger partial charge is 0.256 e. The molecule has 128 valence electrons. The molecule has 2 heterocycles. The first-order valence-corrected chi connectivity index (χ1v) is 8.93. The van der Waals surface area contributed by atoms with E-state index in [4.69, 9.17) is 9.47 Å². The summed E-state index contributed by atoms with van der Waals surface area (Å²) in [5.74, 6) is 1.37. The summed E-state index contributed by atoms with van der Waals surface area (Å²) in [5, 5.41) is 7.36. The van der Waals surface area contributed by atoms with Gasteiger partial charge in [0.1, 0.15) is 11.2 Å². The summed E-state index contributed by atoms with van der Waals surface area (Å²) in [6.45, 7) is 9.03. The number of carbonyl (C=O) groups excluding carboxylic acids is 1. The molecule has 1 unspecified atom stereocenters. The number of hydrogen-bond acceptors (Lipinski definition) is 5. The van der Waals surface area contributed by atoms with Crippen LogP contribution in [0, 0.1) is 13.8 Å². The standard InChI is InChI=1S/C18H22N2O3S/c1-5-22-13-8-7-12(9-14(13)23-6-2)16-19-17(21)15-10(3)11(4)24-18(15)20-16/h7-9,16,20H,5-6H2,1-4H3,(H,19,21). The minimum Gasteiger partial charge on any atom is -0.490 e. The first kappa shape index (κ1) is 16.6. The molecular formula is C18H22N2O3S. The quantitative estimate of drug-likeness (QED) is 0.858. The molecule has 0 fully saturated rings. The largest absolute Gasteiger partial charge is 0.490 e. The molecule has 1 aromatic heterocycles. The van der Waals surface area contributed by atoms with E-state index < -0.39 is 0 Å². The van der Waals surface area contributed by atoms with Gasteiger partial charge < -0.3 is 20.1 Å². The van der Waals surface area contributed by atoms with Gasteiger partial charge in [-0.15, -0.1) is 11.3 Å². The molecule has 1 atom stereocenters. The van der Waals surface area contributed by atoms with Crippen LogP contribution in [0.1, 0.15) is 46.4 Å². The maximum Gasteiger partial charge on any atom is 0.256 e. The van der Waals surface area contributed by atoms with Crippen molar-refractivity contribution in [2.45, 2.75) is 33.9 Å². The van der Waals surface area contributed by atoms with E-state index in [2.05, 4.69) is 10.6 Å². The zero-order valence-corrected chi connectivity index (χ0v) is 15.2. The second-order valence-electron chi connectivity index (χ2n) is 5.61. The number of benzene rings is 1. The summed E-state index contributed by atoms with van der Waals surface area (Å²) in [6, 6.07) is 5.76. The Balaban J connectivity index is 1.92. The summed E-state index contributed by atoms with van der Waals surface area (Å²) >= 11 is 1.62. The van der Waals surface area contributed by atoms with Gasteiger partial charge in [-0.3, -0.25) is 4.79 Å². The number of amides is 1. The average molecular weight is 346 g/mol. The lowest BCUT2D eigenvalue weighted by Gasteiger charge is -2.27. The lowest BCUT2D eigenvalue weighted by atomic mass is 10.1. The Bertz CT molecular complexity index is 770. The van der Waals surface area contributed by atoms with Crippen molar-refractivity contribution in [3.05, 3.63) is 39.8 Å². The molecule has 6 heteroatoms. The summed E-state index contributed by atoms with van der Waals surface area (Å²) < 4.78 is 11.3. The van der Waals surface area contributed by atoms with Gasteiger partial charge in [0.2, 0.25) is 0 Å². The Morgan fingerprint density at radius 1 is 1.08 bits per heavy atom. The fourth-order valence-electron chi connectivity index (χ4n) is 2.79. The lowest BCUT2D eigenvalue weighted by Crippen LogP contribution is -2.38. The fraction of sp³-hybridized carbons (Fsp3) is 0.389. The SMILES string of the molecule is CCOc1ccc(C2NC(=O)c3c(sc(C)c3C)N2)cc1OCC. The average Bonchev–Trinajstić information content (AvgIpc) is 2.84. The molecule has 1 aliphatic heterocycles. The molecular weight excluding hydrogens is 324 g/mol. The van der Waals surface area contributed by atoms with Crippen molar-refractivity contribution >= 4 is 22.2 Å². The summed E-state index contributed by atoms with van der Waals surface area (Å²) in [4.78, 5) is 13.6. The van der Waals surface area contributed by atoms with Crippen LogP contribution in [-0.4, -0.2) is 19.1 Å². The van der Waals surface area contributed by atoms with Crippen molar-refractivity contribution in [2.75, 3.05) is 18.5 Å². The van der Waals surface area contributed by atoms with Crippen molar-refractivity contribution in [3.63, 3.8) is 0 Å². The van der Waals surface area contributed by atoms with Crippen LogP contribution >= 0.6 is 11.3 Å². The molecule has 5 nitrogen and oxygen atoms in total. The number of hydrogen-bond donors (Lipinski definition) is 2. The summed E-state index contributed by atoms with van der Waals surface area (Å²) in [6.07, 6.45) is -0.280. The van der Waals surface area contributed by atoms with E-state index in [1.165, 1.54) is 0 Å². The summed E-state index contributed by atoms with van der Waals surface area (Å²) in [7, 11) is 0. The highest BCUT2D eigenvalue weighted by Crippen LogP contribution is 2.38. The van der Waals surface area contributed by atoms with E-state index in [1.807, 2.05) is 45.9 Å². The van der Waals surface area contributed by atoms with Crippen LogP contribution < -0.4 is 20.1 Å². The maximum atomic E-state index is 12.5. The van der Waals surface area contributed by atoms with Gasteiger partial charge in [-0.05, 0) is 51.0 Å². The highest BCUT2D eigenvalue weighted by atomic mass is 32.1. The number of nitrogens with one attached hydrogen (secondary N) is 2.